The van der Waals surface area contributed by atoms with Crippen LogP contribution in [-0.4, -0.2) is 68.5 Å². The van der Waals surface area contributed by atoms with Gasteiger partial charge in [-0.25, -0.2) is 0 Å². The molecule has 0 heterocycles. The van der Waals surface area contributed by atoms with Crippen LogP contribution < -0.4 is 10.2 Å². The molecule has 0 aliphatic carbocycles. The highest BCUT2D eigenvalue weighted by atomic mass is 31.2. The molecule has 0 aliphatic heterocycles. The summed E-state index contributed by atoms with van der Waals surface area (Å²) in [7, 11) is 1.18. The van der Waals surface area contributed by atoms with Crippen LogP contribution in [-0.2, 0) is 18.4 Å². The van der Waals surface area contributed by atoms with Crippen molar-refractivity contribution in [2.75, 3.05) is 40.9 Å². The zero-order valence-corrected chi connectivity index (χ0v) is 37.6. The zero-order valence-electron chi connectivity index (χ0n) is 36.7. The number of hydrogen-bond donors (Lipinski definition) is 2. The van der Waals surface area contributed by atoms with Gasteiger partial charge in [0.05, 0.1) is 39.9 Å². The number of carbonyl (C=O) groups excluding carboxylic acids is 1. The number of rotatable bonds is 38. The number of hydrogen-bond acceptors (Lipinski definition) is 6. The van der Waals surface area contributed by atoms with E-state index in [1.807, 2.05) is 27.2 Å². The molecule has 0 aromatic heterocycles. The predicted molar refractivity (Wildman–Crippen MR) is 242 cm³/mol. The smallest absolute Gasteiger partial charge is 0.268 e. The molecule has 0 spiro atoms. The van der Waals surface area contributed by atoms with Crippen molar-refractivity contribution in [1.29, 1.82) is 0 Å². The van der Waals surface area contributed by atoms with Crippen LogP contribution in [0.1, 0.15) is 149 Å². The maximum atomic E-state index is 12.8. The SMILES string of the molecule is CC/C=C\C/C=C\C/C=C\C/C=C\C/C=C\CCCC(=O)NC(COP(=O)([O-])OCC[N+](C)(C)C)C(O)/C=C/CC/C=C/CC/C=C/CCCCCCCCCC. The summed E-state index contributed by atoms with van der Waals surface area (Å²) in [5, 5.41) is 13.7. The number of carbonyl (C=O) groups is 1. The van der Waals surface area contributed by atoms with Gasteiger partial charge in [-0.2, -0.15) is 0 Å². The highest BCUT2D eigenvalue weighted by Gasteiger charge is 2.23. The molecule has 2 N–H and O–H groups in total. The van der Waals surface area contributed by atoms with Crippen LogP contribution in [0.15, 0.2) is 97.2 Å². The number of quaternary nitrogens is 1. The maximum Gasteiger partial charge on any atom is 0.268 e. The molecule has 57 heavy (non-hydrogen) atoms. The van der Waals surface area contributed by atoms with Crippen molar-refractivity contribution in [2.45, 2.75) is 161 Å². The molecule has 0 saturated carbocycles. The maximum absolute atomic E-state index is 12.8. The number of aliphatic hydroxyl groups excluding tert-OH is 1. The predicted octanol–water partition coefficient (Wildman–Crippen LogP) is 11.7. The minimum atomic E-state index is -4.62. The fourth-order valence-corrected chi connectivity index (χ4v) is 6.23. The van der Waals surface area contributed by atoms with Crippen molar-refractivity contribution in [3.63, 3.8) is 0 Å². The topological polar surface area (TPSA) is 108 Å². The van der Waals surface area contributed by atoms with Crippen LogP contribution in [0.2, 0.25) is 0 Å². The van der Waals surface area contributed by atoms with E-state index < -0.39 is 26.6 Å². The number of phosphoric acid groups is 1. The summed E-state index contributed by atoms with van der Waals surface area (Å²) in [6.45, 7) is 4.42. The van der Waals surface area contributed by atoms with Crippen LogP contribution in [0.4, 0.5) is 0 Å². The lowest BCUT2D eigenvalue weighted by Crippen LogP contribution is -2.45. The second kappa shape index (κ2) is 38.9. The lowest BCUT2D eigenvalue weighted by atomic mass is 10.1. The monoisotopic (exact) mass is 815 g/mol. The van der Waals surface area contributed by atoms with Crippen LogP contribution in [0.3, 0.4) is 0 Å². The lowest BCUT2D eigenvalue weighted by molar-refractivity contribution is -0.870. The third-order valence-corrected chi connectivity index (χ3v) is 9.97. The molecular weight excluding hydrogens is 732 g/mol. The first-order valence-electron chi connectivity index (χ1n) is 22.1. The van der Waals surface area contributed by atoms with Crippen molar-refractivity contribution in [1.82, 2.24) is 5.32 Å². The molecule has 3 atom stereocenters. The minimum Gasteiger partial charge on any atom is -0.756 e. The first-order valence-corrected chi connectivity index (χ1v) is 23.6. The van der Waals surface area contributed by atoms with E-state index in [1.165, 1.54) is 57.8 Å². The van der Waals surface area contributed by atoms with Crippen molar-refractivity contribution in [2.24, 2.45) is 0 Å². The van der Waals surface area contributed by atoms with Gasteiger partial charge in [-0.3, -0.25) is 9.36 Å². The van der Waals surface area contributed by atoms with E-state index >= 15 is 0 Å². The molecule has 0 aromatic rings. The van der Waals surface area contributed by atoms with Gasteiger partial charge < -0.3 is 28.8 Å². The quantitative estimate of drug-likeness (QED) is 0.0278. The highest BCUT2D eigenvalue weighted by molar-refractivity contribution is 7.45. The number of amides is 1. The number of unbranched alkanes of at least 4 members (excludes halogenated alkanes) is 11. The summed E-state index contributed by atoms with van der Waals surface area (Å²) in [5.41, 5.74) is 0. The number of allylic oxidation sites excluding steroid dienone is 15. The molecule has 0 fully saturated rings. The van der Waals surface area contributed by atoms with E-state index in [-0.39, 0.29) is 18.9 Å². The van der Waals surface area contributed by atoms with Gasteiger partial charge in [-0.15, -0.1) is 0 Å². The second-order valence-electron chi connectivity index (χ2n) is 15.6. The Balaban J connectivity index is 4.65. The Morgan fingerprint density at radius 2 is 1.09 bits per heavy atom. The van der Waals surface area contributed by atoms with Crippen LogP contribution in [0.25, 0.3) is 0 Å². The molecule has 9 heteroatoms. The van der Waals surface area contributed by atoms with E-state index in [2.05, 4.69) is 104 Å². The van der Waals surface area contributed by atoms with Gasteiger partial charge in [0.25, 0.3) is 7.82 Å². The number of phosphoric ester groups is 1. The van der Waals surface area contributed by atoms with E-state index in [0.717, 1.165) is 57.8 Å². The van der Waals surface area contributed by atoms with E-state index in [9.17, 15) is 19.4 Å². The van der Waals surface area contributed by atoms with Gasteiger partial charge in [-0.1, -0.05) is 156 Å². The number of likely N-dealkylation sites (N-methyl/N-ethyl adjacent to an activating group) is 1. The molecule has 0 bridgehead atoms. The molecule has 3 unspecified atom stereocenters. The average Bonchev–Trinajstić information content (AvgIpc) is 3.16. The largest absolute Gasteiger partial charge is 0.756 e. The molecule has 8 nitrogen and oxygen atoms in total. The van der Waals surface area contributed by atoms with Gasteiger partial charge in [0.1, 0.15) is 13.2 Å². The summed E-state index contributed by atoms with van der Waals surface area (Å²) in [6.07, 6.45) is 54.7. The van der Waals surface area contributed by atoms with Crippen LogP contribution in [0.5, 0.6) is 0 Å². The molecule has 0 aliphatic rings. The fraction of sp³-hybridized carbons (Fsp3) is 0.646. The zero-order chi connectivity index (χ0) is 42.1. The molecule has 326 valence electrons. The van der Waals surface area contributed by atoms with Crippen molar-refractivity contribution in [3.05, 3.63) is 97.2 Å². The Hall–Kier alpha value is -2.58. The van der Waals surface area contributed by atoms with Crippen LogP contribution >= 0.6 is 7.82 Å². The summed E-state index contributed by atoms with van der Waals surface area (Å²) in [6, 6.07) is -0.945. The molecule has 1 amide bonds. The Kier molecular flexibility index (Phi) is 37.2. The fourth-order valence-electron chi connectivity index (χ4n) is 5.51. The van der Waals surface area contributed by atoms with E-state index in [1.54, 1.807) is 6.08 Å². The van der Waals surface area contributed by atoms with Gasteiger partial charge >= 0.3 is 0 Å². The molecule has 0 aromatic carbocycles. The Labute approximate surface area is 349 Å². The molecule has 0 saturated heterocycles. The van der Waals surface area contributed by atoms with E-state index in [4.69, 9.17) is 9.05 Å². The summed E-state index contributed by atoms with van der Waals surface area (Å²) in [5.74, 6) is -0.273. The highest BCUT2D eigenvalue weighted by Crippen LogP contribution is 2.38. The Morgan fingerprint density at radius 3 is 1.63 bits per heavy atom. The summed E-state index contributed by atoms with van der Waals surface area (Å²) in [4.78, 5) is 25.3. The van der Waals surface area contributed by atoms with Crippen molar-refractivity contribution < 1.29 is 32.9 Å². The van der Waals surface area contributed by atoms with Gasteiger partial charge in [0, 0.05) is 6.42 Å². The van der Waals surface area contributed by atoms with Crippen molar-refractivity contribution in [3.8, 4) is 0 Å². The Bertz CT molecular complexity index is 1240. The molecular formula is C48H83N2O6P. The number of nitrogens with zero attached hydrogens (tertiary/aromatic N) is 1. The van der Waals surface area contributed by atoms with E-state index in [0.29, 0.717) is 23.9 Å². The summed E-state index contributed by atoms with van der Waals surface area (Å²) < 4.78 is 23.1. The summed E-state index contributed by atoms with van der Waals surface area (Å²) >= 11 is 0. The minimum absolute atomic E-state index is 0.0251. The van der Waals surface area contributed by atoms with Gasteiger partial charge in [0.2, 0.25) is 5.91 Å². The van der Waals surface area contributed by atoms with Crippen molar-refractivity contribution >= 4 is 13.7 Å². The van der Waals surface area contributed by atoms with Gasteiger partial charge in [0.15, 0.2) is 0 Å². The lowest BCUT2D eigenvalue weighted by Gasteiger charge is -2.29. The first kappa shape index (κ1) is 54.4. The normalized spacial score (nSPS) is 15.3. The number of nitrogens with one attached hydrogen (secondary N) is 1. The second-order valence-corrected chi connectivity index (χ2v) is 17.1. The molecule has 0 radical (unpaired) electrons. The first-order chi connectivity index (χ1) is 27.5. The third kappa shape index (κ3) is 41.4. The molecule has 0 rings (SSSR count). The Morgan fingerprint density at radius 1 is 0.632 bits per heavy atom. The standard InChI is InChI=1S/C48H83N2O6P/c1-6-8-10-12-14-16-18-20-22-24-26-27-29-31-33-35-37-39-41-47(51)46(45-56-57(53,54)55-44-43-50(3,4)5)49-48(52)42-40-38-36-34-32-30-28-25-23-21-19-17-15-13-11-9-7-2/h9,11,15,17,21,23-24,26,28,30-31,33-34,36,39,41,46-47,51H,6-8,10,12-14,16,18-20,22,25,27,29,32,35,37-38,40,42-45H2,1-5H3,(H-,49,52,53,54)/b11-9-,17-15-,23-21-,26-24+,30-28-,33-31+,36-34-,41-39+. The van der Waals surface area contributed by atoms with Crippen LogP contribution in [0, 0.1) is 0 Å². The third-order valence-electron chi connectivity index (χ3n) is 9.01. The average molecular weight is 815 g/mol. The van der Waals surface area contributed by atoms with Gasteiger partial charge in [-0.05, 0) is 83.5 Å². The number of aliphatic hydroxyl groups is 1.